The molecule has 6 rings (SSSR count). The SMILES string of the molecule is OC(O)(CC1(N2CC3CC=CC=C3S2)CO1)N1CCC(OCc2ccc3ccccc3c2)C1. The lowest BCUT2D eigenvalue weighted by molar-refractivity contribution is -0.274. The highest BCUT2D eigenvalue weighted by atomic mass is 32.2. The monoisotopic (exact) mass is 466 g/mol. The normalized spacial score (nSPS) is 30.1. The Kier molecular flexibility index (Phi) is 5.62. The Morgan fingerprint density at radius 3 is 2.82 bits per heavy atom. The van der Waals surface area contributed by atoms with Crippen LogP contribution in [0.3, 0.4) is 0 Å². The van der Waals surface area contributed by atoms with Crippen LogP contribution >= 0.6 is 11.9 Å². The van der Waals surface area contributed by atoms with Crippen LogP contribution in [0.4, 0.5) is 0 Å². The van der Waals surface area contributed by atoms with Crippen LogP contribution in [0.5, 0.6) is 0 Å². The number of rotatable bonds is 7. The smallest absolute Gasteiger partial charge is 0.229 e. The molecule has 7 heteroatoms. The van der Waals surface area contributed by atoms with Crippen LogP contribution in [0.2, 0.25) is 0 Å². The number of allylic oxidation sites excluding steroid dienone is 3. The van der Waals surface area contributed by atoms with Gasteiger partial charge in [-0.25, -0.2) is 9.21 Å². The number of hydrogen-bond donors (Lipinski definition) is 2. The maximum Gasteiger partial charge on any atom is 0.229 e. The Morgan fingerprint density at radius 1 is 1.15 bits per heavy atom. The van der Waals surface area contributed by atoms with E-state index in [0.717, 1.165) is 24.9 Å². The summed E-state index contributed by atoms with van der Waals surface area (Å²) in [6.45, 7) is 3.04. The minimum atomic E-state index is -1.92. The molecule has 174 valence electrons. The number of epoxide rings is 1. The van der Waals surface area contributed by atoms with E-state index in [1.807, 2.05) is 12.1 Å². The molecular weight excluding hydrogens is 436 g/mol. The lowest BCUT2D eigenvalue weighted by atomic mass is 10.00. The molecule has 0 bridgehead atoms. The highest BCUT2D eigenvalue weighted by Crippen LogP contribution is 2.51. The van der Waals surface area contributed by atoms with Crippen molar-refractivity contribution in [2.45, 2.75) is 43.6 Å². The average Bonchev–Trinajstić information content (AvgIpc) is 3.24. The van der Waals surface area contributed by atoms with Crippen LogP contribution in [0, 0.1) is 5.92 Å². The van der Waals surface area contributed by atoms with Crippen LogP contribution in [0.15, 0.2) is 65.6 Å². The molecule has 6 nitrogen and oxygen atoms in total. The van der Waals surface area contributed by atoms with Crippen molar-refractivity contribution >= 4 is 22.7 Å². The topological polar surface area (TPSA) is 68.7 Å². The van der Waals surface area contributed by atoms with Crippen LogP contribution in [-0.4, -0.2) is 63.4 Å². The van der Waals surface area contributed by atoms with Gasteiger partial charge in [0.15, 0.2) is 5.72 Å². The third-order valence-electron chi connectivity index (χ3n) is 7.22. The van der Waals surface area contributed by atoms with E-state index in [0.29, 0.717) is 32.2 Å². The first kappa shape index (κ1) is 21.8. The van der Waals surface area contributed by atoms with Gasteiger partial charge in [0.2, 0.25) is 5.91 Å². The summed E-state index contributed by atoms with van der Waals surface area (Å²) >= 11 is 1.71. The summed E-state index contributed by atoms with van der Waals surface area (Å²) in [5.41, 5.74) is 0.532. The highest BCUT2D eigenvalue weighted by molar-refractivity contribution is 8.01. The van der Waals surface area contributed by atoms with Crippen LogP contribution < -0.4 is 0 Å². The summed E-state index contributed by atoms with van der Waals surface area (Å²) in [4.78, 5) is 3.08. The molecule has 2 aromatic carbocycles. The van der Waals surface area contributed by atoms with Gasteiger partial charge in [-0.15, -0.1) is 0 Å². The summed E-state index contributed by atoms with van der Waals surface area (Å²) in [6.07, 6.45) is 8.42. The fourth-order valence-corrected chi connectivity index (χ4v) is 6.48. The molecule has 4 aliphatic rings. The van der Waals surface area contributed by atoms with Gasteiger partial charge in [-0.05, 0) is 47.2 Å². The maximum absolute atomic E-state index is 11.0. The molecule has 3 saturated heterocycles. The number of ether oxygens (including phenoxy) is 2. The van der Waals surface area contributed by atoms with Crippen molar-refractivity contribution in [3.63, 3.8) is 0 Å². The molecular formula is C26H30N2O4S. The summed E-state index contributed by atoms with van der Waals surface area (Å²) in [5, 5.41) is 24.5. The fourth-order valence-electron chi connectivity index (χ4n) is 5.17. The average molecular weight is 467 g/mol. The van der Waals surface area contributed by atoms with E-state index in [-0.39, 0.29) is 12.5 Å². The maximum atomic E-state index is 11.0. The van der Waals surface area contributed by atoms with Gasteiger partial charge in [0.1, 0.15) is 0 Å². The molecule has 0 saturated carbocycles. The predicted molar refractivity (Wildman–Crippen MR) is 129 cm³/mol. The number of nitrogens with zero attached hydrogens (tertiary/aromatic N) is 2. The van der Waals surface area contributed by atoms with Crippen molar-refractivity contribution in [1.29, 1.82) is 0 Å². The minimum absolute atomic E-state index is 0.0218. The molecule has 3 heterocycles. The predicted octanol–water partition coefficient (Wildman–Crippen LogP) is 3.61. The van der Waals surface area contributed by atoms with Gasteiger partial charge >= 0.3 is 0 Å². The van der Waals surface area contributed by atoms with E-state index in [2.05, 4.69) is 52.9 Å². The van der Waals surface area contributed by atoms with Gasteiger partial charge < -0.3 is 19.7 Å². The Balaban J connectivity index is 1.04. The second kappa shape index (κ2) is 8.50. The molecule has 3 fully saturated rings. The largest absolute Gasteiger partial charge is 0.372 e. The lowest BCUT2D eigenvalue weighted by Crippen LogP contribution is -2.53. The summed E-state index contributed by atoms with van der Waals surface area (Å²) in [6, 6.07) is 14.7. The first-order valence-corrected chi connectivity index (χ1v) is 12.5. The van der Waals surface area contributed by atoms with E-state index >= 15 is 0 Å². The van der Waals surface area contributed by atoms with Crippen molar-refractivity contribution in [3.8, 4) is 0 Å². The van der Waals surface area contributed by atoms with E-state index in [4.69, 9.17) is 9.47 Å². The lowest BCUT2D eigenvalue weighted by Gasteiger charge is -2.36. The molecule has 33 heavy (non-hydrogen) atoms. The molecule has 0 radical (unpaired) electrons. The molecule has 1 aliphatic carbocycles. The molecule has 0 spiro atoms. The van der Waals surface area contributed by atoms with E-state index < -0.39 is 11.6 Å². The number of hydrogen-bond acceptors (Lipinski definition) is 7. The fraction of sp³-hybridized carbons (Fsp3) is 0.462. The van der Waals surface area contributed by atoms with E-state index in [1.54, 1.807) is 16.8 Å². The van der Waals surface area contributed by atoms with Crippen molar-refractivity contribution in [1.82, 2.24) is 9.21 Å². The first-order valence-electron chi connectivity index (χ1n) is 11.8. The van der Waals surface area contributed by atoms with Crippen molar-refractivity contribution in [2.24, 2.45) is 5.92 Å². The number of aliphatic hydroxyl groups is 2. The second-order valence-electron chi connectivity index (χ2n) is 9.62. The van der Waals surface area contributed by atoms with Gasteiger partial charge in [-0.2, -0.15) is 0 Å². The zero-order valence-electron chi connectivity index (χ0n) is 18.6. The summed E-state index contributed by atoms with van der Waals surface area (Å²) in [7, 11) is 0. The van der Waals surface area contributed by atoms with Crippen LogP contribution in [0.1, 0.15) is 24.8 Å². The zero-order valence-corrected chi connectivity index (χ0v) is 19.4. The van der Waals surface area contributed by atoms with Gasteiger partial charge in [0.05, 0.1) is 25.7 Å². The Morgan fingerprint density at radius 2 is 2.00 bits per heavy atom. The van der Waals surface area contributed by atoms with Gasteiger partial charge in [-0.1, -0.05) is 54.6 Å². The van der Waals surface area contributed by atoms with Crippen molar-refractivity contribution < 1.29 is 19.7 Å². The minimum Gasteiger partial charge on any atom is -0.372 e. The number of likely N-dealkylation sites (tertiary alicyclic amines) is 1. The van der Waals surface area contributed by atoms with Gasteiger partial charge in [0, 0.05) is 30.5 Å². The zero-order chi connectivity index (χ0) is 22.5. The molecule has 3 unspecified atom stereocenters. The molecule has 3 aliphatic heterocycles. The standard InChI is InChI=1S/C26H30N2O4S/c29-26(30,17-25(18-32-25)28-14-22-7-3-4-8-24(22)33-28)27-12-11-23(15-27)31-16-19-9-10-20-5-1-2-6-21(20)13-19/h1-6,8-10,13,22-23,29-30H,7,11-12,14-18H2. The molecule has 2 N–H and O–H groups in total. The van der Waals surface area contributed by atoms with E-state index in [9.17, 15) is 10.2 Å². The highest BCUT2D eigenvalue weighted by Gasteiger charge is 2.59. The third-order valence-corrected chi connectivity index (χ3v) is 8.60. The Bertz CT molecular complexity index is 1100. The molecule has 2 aromatic rings. The molecule has 0 aromatic heterocycles. The van der Waals surface area contributed by atoms with Gasteiger partial charge in [-0.3, -0.25) is 0 Å². The Hall–Kier alpha value is -1.71. The van der Waals surface area contributed by atoms with Crippen LogP contribution in [0.25, 0.3) is 10.8 Å². The number of fused-ring (bicyclic) bond motifs is 2. The van der Waals surface area contributed by atoms with E-state index in [1.165, 1.54) is 15.7 Å². The van der Waals surface area contributed by atoms with Crippen LogP contribution in [-0.2, 0) is 16.1 Å². The second-order valence-corrected chi connectivity index (χ2v) is 10.7. The third kappa shape index (κ3) is 4.39. The Labute approximate surface area is 198 Å². The van der Waals surface area contributed by atoms with Crippen molar-refractivity contribution in [2.75, 3.05) is 26.2 Å². The van der Waals surface area contributed by atoms with Gasteiger partial charge in [0.25, 0.3) is 0 Å². The molecule has 0 amide bonds. The van der Waals surface area contributed by atoms with Crippen molar-refractivity contribution in [3.05, 3.63) is 71.2 Å². The quantitative estimate of drug-likeness (QED) is 0.367. The number of benzene rings is 2. The summed E-state index contributed by atoms with van der Waals surface area (Å²) < 4.78 is 14.2. The first-order chi connectivity index (χ1) is 16.0. The molecule has 3 atom stereocenters. The summed E-state index contributed by atoms with van der Waals surface area (Å²) in [5.74, 6) is -1.43.